The van der Waals surface area contributed by atoms with Crippen molar-refractivity contribution in [1.29, 1.82) is 0 Å². The number of amides is 1. The monoisotopic (exact) mass is 266 g/mol. The number of anilines is 1. The van der Waals surface area contributed by atoms with Gasteiger partial charge in [-0.05, 0) is 13.8 Å². The zero-order chi connectivity index (χ0) is 13.3. The molecule has 0 radical (unpaired) electrons. The predicted molar refractivity (Wildman–Crippen MR) is 70.1 cm³/mol. The highest BCUT2D eigenvalue weighted by molar-refractivity contribution is 7.15. The summed E-state index contributed by atoms with van der Waals surface area (Å²) in [5.74, 6) is 0.0655. The van der Waals surface area contributed by atoms with Crippen LogP contribution in [0.25, 0.3) is 4.96 Å². The molecule has 2 heterocycles. The summed E-state index contributed by atoms with van der Waals surface area (Å²) in [4.78, 5) is 29.3. The van der Waals surface area contributed by atoms with Gasteiger partial charge in [-0.1, -0.05) is 0 Å². The average molecular weight is 266 g/mol. The number of rotatable bonds is 5. The summed E-state index contributed by atoms with van der Waals surface area (Å²) in [5.41, 5.74) is 5.76. The molecule has 96 valence electrons. The molecular weight excluding hydrogens is 252 g/mol. The van der Waals surface area contributed by atoms with Crippen LogP contribution in [-0.4, -0.2) is 34.2 Å². The molecule has 0 aromatic carbocycles. The highest BCUT2D eigenvalue weighted by Crippen LogP contribution is 2.24. The van der Waals surface area contributed by atoms with E-state index in [9.17, 15) is 9.59 Å². The molecule has 1 atom stereocenters. The Morgan fingerprint density at radius 1 is 1.72 bits per heavy atom. The van der Waals surface area contributed by atoms with E-state index in [0.29, 0.717) is 18.1 Å². The predicted octanol–water partition coefficient (Wildman–Crippen LogP) is 0.908. The van der Waals surface area contributed by atoms with Crippen LogP contribution >= 0.6 is 11.3 Å². The van der Waals surface area contributed by atoms with Crippen LogP contribution in [0.15, 0.2) is 11.6 Å². The normalized spacial score (nSPS) is 12.6. The molecule has 0 saturated carbocycles. The Balaban J connectivity index is 2.53. The van der Waals surface area contributed by atoms with Crippen molar-refractivity contribution < 1.29 is 9.59 Å². The molecule has 0 fully saturated rings. The molecule has 0 spiro atoms. The Labute approximate surface area is 108 Å². The van der Waals surface area contributed by atoms with Gasteiger partial charge in [0.2, 0.25) is 5.91 Å². The van der Waals surface area contributed by atoms with Gasteiger partial charge in [-0.15, -0.1) is 11.3 Å². The van der Waals surface area contributed by atoms with Crippen molar-refractivity contribution in [3.8, 4) is 0 Å². The second-order valence-electron chi connectivity index (χ2n) is 3.86. The Hall–Kier alpha value is -1.89. The van der Waals surface area contributed by atoms with E-state index < -0.39 is 11.9 Å². The van der Waals surface area contributed by atoms with Crippen LogP contribution in [0.3, 0.4) is 0 Å². The second-order valence-corrected chi connectivity index (χ2v) is 4.73. The first-order valence-electron chi connectivity index (χ1n) is 5.56. The van der Waals surface area contributed by atoms with Crippen molar-refractivity contribution in [2.24, 2.45) is 5.73 Å². The van der Waals surface area contributed by atoms with E-state index in [4.69, 9.17) is 5.73 Å². The zero-order valence-corrected chi connectivity index (χ0v) is 11.0. The molecule has 0 aliphatic heterocycles. The lowest BCUT2D eigenvalue weighted by atomic mass is 10.2. The topological polar surface area (TPSA) is 80.7 Å². The summed E-state index contributed by atoms with van der Waals surface area (Å²) in [5, 5.41) is 1.85. The van der Waals surface area contributed by atoms with E-state index in [-0.39, 0.29) is 0 Å². The maximum atomic E-state index is 11.3. The lowest BCUT2D eigenvalue weighted by Crippen LogP contribution is -2.43. The van der Waals surface area contributed by atoms with E-state index in [2.05, 4.69) is 4.98 Å². The van der Waals surface area contributed by atoms with Crippen LogP contribution in [-0.2, 0) is 4.79 Å². The summed E-state index contributed by atoms with van der Waals surface area (Å²) in [6.45, 7) is 4.14. The summed E-state index contributed by atoms with van der Waals surface area (Å²) in [7, 11) is 0. The third-order valence-electron chi connectivity index (χ3n) is 2.88. The number of primary amides is 1. The first kappa shape index (κ1) is 12.6. The second kappa shape index (κ2) is 4.77. The van der Waals surface area contributed by atoms with Crippen LogP contribution in [0.1, 0.15) is 24.3 Å². The minimum atomic E-state index is -0.502. The summed E-state index contributed by atoms with van der Waals surface area (Å²) < 4.78 is 1.71. The lowest BCUT2D eigenvalue weighted by Gasteiger charge is -2.25. The molecule has 18 heavy (non-hydrogen) atoms. The fourth-order valence-corrected chi connectivity index (χ4v) is 2.59. The Morgan fingerprint density at radius 2 is 2.44 bits per heavy atom. The van der Waals surface area contributed by atoms with Crippen molar-refractivity contribution in [3.63, 3.8) is 0 Å². The quantitative estimate of drug-likeness (QED) is 0.816. The van der Waals surface area contributed by atoms with Crippen molar-refractivity contribution in [2.45, 2.75) is 19.9 Å². The number of likely N-dealkylation sites (N-methyl/N-ethyl adjacent to an activating group) is 1. The minimum absolute atomic E-state index is 0.440. The molecule has 2 aromatic rings. The number of hydrogen-bond donors (Lipinski definition) is 1. The molecule has 0 bridgehead atoms. The fraction of sp³-hybridized carbons (Fsp3) is 0.364. The van der Waals surface area contributed by atoms with E-state index >= 15 is 0 Å². The molecular formula is C11H14N4O2S. The molecule has 0 saturated heterocycles. The van der Waals surface area contributed by atoms with Crippen molar-refractivity contribution in [2.75, 3.05) is 11.4 Å². The molecule has 1 amide bonds. The van der Waals surface area contributed by atoms with Gasteiger partial charge in [0.15, 0.2) is 17.1 Å². The van der Waals surface area contributed by atoms with E-state index in [1.807, 2.05) is 12.3 Å². The molecule has 7 heteroatoms. The van der Waals surface area contributed by atoms with Gasteiger partial charge < -0.3 is 10.6 Å². The van der Waals surface area contributed by atoms with E-state index in [1.165, 1.54) is 11.3 Å². The minimum Gasteiger partial charge on any atom is -0.368 e. The van der Waals surface area contributed by atoms with Gasteiger partial charge in [0.1, 0.15) is 11.7 Å². The van der Waals surface area contributed by atoms with Crippen molar-refractivity contribution >= 4 is 34.3 Å². The van der Waals surface area contributed by atoms with Crippen LogP contribution in [0.4, 0.5) is 5.82 Å². The van der Waals surface area contributed by atoms with Crippen molar-refractivity contribution in [3.05, 3.63) is 17.3 Å². The lowest BCUT2D eigenvalue weighted by molar-refractivity contribution is -0.118. The van der Waals surface area contributed by atoms with Crippen LogP contribution in [0.5, 0.6) is 0 Å². The van der Waals surface area contributed by atoms with Gasteiger partial charge in [0.05, 0.1) is 0 Å². The van der Waals surface area contributed by atoms with E-state index in [1.54, 1.807) is 22.4 Å². The van der Waals surface area contributed by atoms with Gasteiger partial charge in [-0.25, -0.2) is 4.98 Å². The molecule has 6 nitrogen and oxygen atoms in total. The number of carbonyl (C=O) groups is 2. The number of carbonyl (C=O) groups excluding carboxylic acids is 2. The number of aldehydes is 1. The number of thiazole rings is 1. The number of fused-ring (bicyclic) bond motifs is 1. The largest absolute Gasteiger partial charge is 0.368 e. The number of aromatic nitrogens is 2. The molecule has 1 unspecified atom stereocenters. The van der Waals surface area contributed by atoms with Gasteiger partial charge in [-0.2, -0.15) is 0 Å². The highest BCUT2D eigenvalue weighted by atomic mass is 32.1. The number of nitrogens with two attached hydrogens (primary N) is 1. The fourth-order valence-electron chi connectivity index (χ4n) is 1.87. The summed E-state index contributed by atoms with van der Waals surface area (Å²) >= 11 is 1.44. The maximum absolute atomic E-state index is 11.3. The number of imidazole rings is 1. The SMILES string of the molecule is CCN(c1nc2sccn2c1C=O)C(C)C(N)=O. The first-order valence-corrected chi connectivity index (χ1v) is 6.44. The van der Waals surface area contributed by atoms with Gasteiger partial charge in [0, 0.05) is 18.1 Å². The highest BCUT2D eigenvalue weighted by Gasteiger charge is 2.24. The standard InChI is InChI=1S/C11H14N4O2S/c1-3-14(7(2)9(12)17)10-8(6-16)15-4-5-18-11(15)13-10/h4-7H,3H2,1-2H3,(H2,12,17). The van der Waals surface area contributed by atoms with Crippen LogP contribution in [0.2, 0.25) is 0 Å². The maximum Gasteiger partial charge on any atom is 0.239 e. The van der Waals surface area contributed by atoms with Gasteiger partial charge in [0.25, 0.3) is 0 Å². The Bertz CT molecular complexity index is 589. The molecule has 2 rings (SSSR count). The number of hydrogen-bond acceptors (Lipinski definition) is 5. The van der Waals surface area contributed by atoms with Crippen molar-refractivity contribution in [1.82, 2.24) is 9.38 Å². The Kier molecular flexibility index (Phi) is 3.33. The average Bonchev–Trinajstić information content (AvgIpc) is 2.89. The first-order chi connectivity index (χ1) is 8.60. The van der Waals surface area contributed by atoms with E-state index in [0.717, 1.165) is 11.2 Å². The third-order valence-corrected chi connectivity index (χ3v) is 3.64. The van der Waals surface area contributed by atoms with Crippen LogP contribution in [0, 0.1) is 0 Å². The van der Waals surface area contributed by atoms with Crippen LogP contribution < -0.4 is 10.6 Å². The third kappa shape index (κ3) is 1.86. The summed E-state index contributed by atoms with van der Waals surface area (Å²) in [6.07, 6.45) is 2.53. The molecule has 2 N–H and O–H groups in total. The molecule has 0 aliphatic rings. The number of nitrogens with zero attached hydrogens (tertiary/aromatic N) is 3. The van der Waals surface area contributed by atoms with Gasteiger partial charge in [-0.3, -0.25) is 14.0 Å². The van der Waals surface area contributed by atoms with Gasteiger partial charge >= 0.3 is 0 Å². The Morgan fingerprint density at radius 3 is 3.00 bits per heavy atom. The summed E-state index contributed by atoms with van der Waals surface area (Å²) in [6, 6.07) is -0.502. The molecule has 2 aromatic heterocycles. The molecule has 0 aliphatic carbocycles. The zero-order valence-electron chi connectivity index (χ0n) is 10.2. The smallest absolute Gasteiger partial charge is 0.239 e.